The van der Waals surface area contributed by atoms with Crippen LogP contribution < -0.4 is 0 Å². The highest BCUT2D eigenvalue weighted by Gasteiger charge is 2.56. The number of nitrogens with one attached hydrogen (secondary N) is 1. The lowest BCUT2D eigenvalue weighted by Gasteiger charge is -2.29. The Kier molecular flexibility index (Phi) is 3.03. The van der Waals surface area contributed by atoms with Gasteiger partial charge in [-0.25, -0.2) is 9.78 Å². The molecule has 1 aromatic rings. The number of rotatable bonds is 1. The molecule has 2 aliphatic rings. The fourth-order valence-corrected chi connectivity index (χ4v) is 3.18. The highest BCUT2D eigenvalue weighted by molar-refractivity contribution is 14.1. The Labute approximate surface area is 126 Å². The van der Waals surface area contributed by atoms with Crippen molar-refractivity contribution in [1.82, 2.24) is 14.9 Å². The molecule has 2 heterocycles. The molecule has 3 atom stereocenters. The third-order valence-corrected chi connectivity index (χ3v) is 4.14. The third kappa shape index (κ3) is 2.59. The number of nitrogens with zero attached hydrogens (tertiary/aromatic N) is 2. The van der Waals surface area contributed by atoms with Crippen LogP contribution in [0.15, 0.2) is 6.20 Å². The van der Waals surface area contributed by atoms with Gasteiger partial charge in [0.2, 0.25) is 0 Å². The molecule has 19 heavy (non-hydrogen) atoms. The summed E-state index contributed by atoms with van der Waals surface area (Å²) in [6.07, 6.45) is 3.75. The topological polar surface area (TPSA) is 58.2 Å². The van der Waals surface area contributed by atoms with E-state index in [0.717, 1.165) is 22.4 Å². The summed E-state index contributed by atoms with van der Waals surface area (Å²) in [6, 6.07) is 0.393. The smallest absolute Gasteiger partial charge is 0.411 e. The largest absolute Gasteiger partial charge is 0.444 e. The van der Waals surface area contributed by atoms with E-state index in [2.05, 4.69) is 32.6 Å². The van der Waals surface area contributed by atoms with Gasteiger partial charge in [0.05, 0.1) is 6.04 Å². The fraction of sp³-hybridized carbons (Fsp3) is 0.692. The molecule has 1 aliphatic heterocycles. The van der Waals surface area contributed by atoms with Crippen molar-refractivity contribution in [3.63, 3.8) is 0 Å². The Morgan fingerprint density at radius 3 is 2.84 bits per heavy atom. The number of halogens is 1. The first-order chi connectivity index (χ1) is 8.85. The van der Waals surface area contributed by atoms with E-state index in [1.807, 2.05) is 31.9 Å². The van der Waals surface area contributed by atoms with Crippen molar-refractivity contribution < 1.29 is 9.53 Å². The molecule has 1 aliphatic carbocycles. The predicted molar refractivity (Wildman–Crippen MR) is 78.6 cm³/mol. The van der Waals surface area contributed by atoms with E-state index in [9.17, 15) is 4.79 Å². The number of hydrogen-bond donors (Lipinski definition) is 1. The minimum atomic E-state index is -0.452. The molecule has 0 aromatic carbocycles. The lowest BCUT2D eigenvalue weighted by Crippen LogP contribution is -2.38. The lowest BCUT2D eigenvalue weighted by molar-refractivity contribution is 0.0175. The highest BCUT2D eigenvalue weighted by Crippen LogP contribution is 2.53. The van der Waals surface area contributed by atoms with E-state index >= 15 is 0 Å². The molecule has 1 amide bonds. The first-order valence-corrected chi connectivity index (χ1v) is 7.65. The average molecular weight is 375 g/mol. The van der Waals surface area contributed by atoms with Gasteiger partial charge in [-0.1, -0.05) is 0 Å². The molecular weight excluding hydrogens is 357 g/mol. The maximum absolute atomic E-state index is 12.3. The molecule has 1 saturated heterocycles. The van der Waals surface area contributed by atoms with Gasteiger partial charge in [-0.3, -0.25) is 4.90 Å². The van der Waals surface area contributed by atoms with Crippen molar-refractivity contribution in [2.24, 2.45) is 5.92 Å². The summed E-state index contributed by atoms with van der Waals surface area (Å²) in [7, 11) is 0. The Morgan fingerprint density at radius 1 is 1.53 bits per heavy atom. The van der Waals surface area contributed by atoms with E-state index < -0.39 is 5.60 Å². The number of amides is 1. The summed E-state index contributed by atoms with van der Waals surface area (Å²) in [5.41, 5.74) is -0.452. The lowest BCUT2D eigenvalue weighted by atomic mass is 10.1. The van der Waals surface area contributed by atoms with E-state index in [1.54, 1.807) is 0 Å². The zero-order chi connectivity index (χ0) is 13.8. The number of aromatic nitrogens is 2. The van der Waals surface area contributed by atoms with Gasteiger partial charge in [-0.15, -0.1) is 0 Å². The first kappa shape index (κ1) is 13.2. The van der Waals surface area contributed by atoms with Gasteiger partial charge < -0.3 is 9.72 Å². The Hall–Kier alpha value is -0.790. The van der Waals surface area contributed by atoms with Crippen LogP contribution in [0.3, 0.4) is 0 Å². The minimum Gasteiger partial charge on any atom is -0.444 e. The number of imidazole rings is 1. The van der Waals surface area contributed by atoms with Crippen LogP contribution >= 0.6 is 22.6 Å². The molecular formula is C13H18IN3O2. The van der Waals surface area contributed by atoms with Crippen molar-refractivity contribution >= 4 is 28.7 Å². The fourth-order valence-electron chi connectivity index (χ4n) is 2.76. The number of aromatic amines is 1. The maximum atomic E-state index is 12.3. The molecule has 2 fully saturated rings. The van der Waals surface area contributed by atoms with Crippen molar-refractivity contribution in [3.8, 4) is 0 Å². The summed E-state index contributed by atoms with van der Waals surface area (Å²) >= 11 is 2.17. The molecule has 1 N–H and O–H groups in total. The Bertz CT molecular complexity index is 508. The second-order valence-corrected chi connectivity index (χ2v) is 7.42. The van der Waals surface area contributed by atoms with Crippen LogP contribution in [0.5, 0.6) is 0 Å². The van der Waals surface area contributed by atoms with Gasteiger partial charge in [-0.05, 0) is 62.1 Å². The van der Waals surface area contributed by atoms with Gasteiger partial charge >= 0.3 is 6.09 Å². The normalized spacial score (nSPS) is 29.3. The van der Waals surface area contributed by atoms with Crippen LogP contribution in [-0.2, 0) is 4.74 Å². The Balaban J connectivity index is 1.80. The molecule has 1 aromatic heterocycles. The molecule has 104 valence electrons. The van der Waals surface area contributed by atoms with Gasteiger partial charge in [0, 0.05) is 12.2 Å². The van der Waals surface area contributed by atoms with E-state index in [-0.39, 0.29) is 12.1 Å². The average Bonchev–Trinajstić information content (AvgIpc) is 2.73. The molecule has 3 rings (SSSR count). The van der Waals surface area contributed by atoms with Crippen molar-refractivity contribution in [2.75, 3.05) is 0 Å². The number of fused-ring (bicyclic) bond motifs is 1. The molecule has 0 spiro atoms. The predicted octanol–water partition coefficient (Wildman–Crippen LogP) is 3.08. The SMILES string of the molecule is CC(C)(C)OC(=O)N1C(c2nc(I)c[nH]2)CC2CC21. The molecule has 5 nitrogen and oxygen atoms in total. The van der Waals surface area contributed by atoms with Crippen LogP contribution in [0.25, 0.3) is 0 Å². The van der Waals surface area contributed by atoms with Gasteiger partial charge in [0.1, 0.15) is 15.1 Å². The number of piperidine rings is 1. The number of carbonyl (C=O) groups excluding carboxylic acids is 1. The molecule has 6 heteroatoms. The zero-order valence-corrected chi connectivity index (χ0v) is 13.5. The summed E-state index contributed by atoms with van der Waals surface area (Å²) in [6.45, 7) is 5.70. The zero-order valence-electron chi connectivity index (χ0n) is 11.3. The summed E-state index contributed by atoms with van der Waals surface area (Å²) in [5.74, 6) is 1.50. The van der Waals surface area contributed by atoms with Gasteiger partial charge in [-0.2, -0.15) is 0 Å². The number of likely N-dealkylation sites (tertiary alicyclic amines) is 1. The van der Waals surface area contributed by atoms with Crippen LogP contribution in [0, 0.1) is 9.62 Å². The quantitative estimate of drug-likeness (QED) is 0.768. The number of ether oxygens (including phenoxy) is 1. The van der Waals surface area contributed by atoms with E-state index in [4.69, 9.17) is 4.74 Å². The summed E-state index contributed by atoms with van der Waals surface area (Å²) in [4.78, 5) is 21.9. The monoisotopic (exact) mass is 375 g/mol. The minimum absolute atomic E-state index is 0.0436. The maximum Gasteiger partial charge on any atom is 0.411 e. The first-order valence-electron chi connectivity index (χ1n) is 6.57. The second-order valence-electron chi connectivity index (χ2n) is 6.31. The highest BCUT2D eigenvalue weighted by atomic mass is 127. The van der Waals surface area contributed by atoms with Gasteiger partial charge in [0.25, 0.3) is 0 Å². The van der Waals surface area contributed by atoms with Gasteiger partial charge in [0.15, 0.2) is 0 Å². The van der Waals surface area contributed by atoms with E-state index in [1.165, 1.54) is 0 Å². The van der Waals surface area contributed by atoms with Crippen LogP contribution in [-0.4, -0.2) is 32.6 Å². The Morgan fingerprint density at radius 2 is 2.26 bits per heavy atom. The van der Waals surface area contributed by atoms with Crippen molar-refractivity contribution in [1.29, 1.82) is 0 Å². The summed E-state index contributed by atoms with van der Waals surface area (Å²) < 4.78 is 6.45. The molecule has 1 saturated carbocycles. The van der Waals surface area contributed by atoms with Crippen molar-refractivity contribution in [3.05, 3.63) is 15.7 Å². The molecule has 0 bridgehead atoms. The van der Waals surface area contributed by atoms with E-state index in [0.29, 0.717) is 12.0 Å². The standard InChI is InChI=1S/C13H18IN3O2/c1-13(2,3)19-12(18)17-8-4-7(8)5-9(17)11-15-6-10(14)16-11/h6-9H,4-5H2,1-3H3,(H,15,16). The van der Waals surface area contributed by atoms with Crippen LogP contribution in [0.2, 0.25) is 0 Å². The molecule has 3 unspecified atom stereocenters. The second kappa shape index (κ2) is 4.36. The number of H-pyrrole nitrogens is 1. The van der Waals surface area contributed by atoms with Crippen LogP contribution in [0.4, 0.5) is 4.79 Å². The van der Waals surface area contributed by atoms with Crippen LogP contribution in [0.1, 0.15) is 45.5 Å². The third-order valence-electron chi connectivity index (χ3n) is 3.59. The molecule has 0 radical (unpaired) electrons. The van der Waals surface area contributed by atoms with Crippen molar-refractivity contribution in [2.45, 2.75) is 51.3 Å². The number of carbonyl (C=O) groups is 1. The number of hydrogen-bond acceptors (Lipinski definition) is 3. The summed E-state index contributed by atoms with van der Waals surface area (Å²) in [5, 5.41) is 0.